The minimum Gasteiger partial charge on any atom is -0.490 e. The van der Waals surface area contributed by atoms with Crippen LogP contribution in [0.3, 0.4) is 0 Å². The van der Waals surface area contributed by atoms with E-state index in [9.17, 15) is 4.79 Å². The van der Waals surface area contributed by atoms with Gasteiger partial charge in [0.2, 0.25) is 0 Å². The Labute approximate surface area is 194 Å². The van der Waals surface area contributed by atoms with Crippen LogP contribution in [0.5, 0.6) is 17.2 Å². The first-order valence-electron chi connectivity index (χ1n) is 9.61. The molecule has 7 nitrogen and oxygen atoms in total. The third kappa shape index (κ3) is 6.17. The molecule has 0 aliphatic rings. The predicted octanol–water partition coefficient (Wildman–Crippen LogP) is 4.33. The van der Waals surface area contributed by atoms with Crippen molar-refractivity contribution >= 4 is 45.6 Å². The molecule has 0 fully saturated rings. The number of amides is 1. The zero-order chi connectivity index (χ0) is 22.1. The zero-order valence-electron chi connectivity index (χ0n) is 17.0. The second-order valence-corrected chi connectivity index (χ2v) is 7.44. The van der Waals surface area contributed by atoms with E-state index in [0.717, 1.165) is 14.5 Å². The Hall–Kier alpha value is -3.14. The number of carbonyl (C=O) groups excluding carboxylic acids is 1. The number of aromatic nitrogens is 1. The van der Waals surface area contributed by atoms with E-state index in [0.29, 0.717) is 36.0 Å². The summed E-state index contributed by atoms with van der Waals surface area (Å²) in [5, 5.41) is 4.96. The van der Waals surface area contributed by atoms with Gasteiger partial charge in [-0.3, -0.25) is 9.78 Å². The standard InChI is InChI=1S/C23H22IN3O4/c1-3-11-30-23-18(24)12-16(13-20(23)29-4-2)14-26-27-21(28)15-31-19-9-5-7-17-8-6-10-25-22(17)19/h3,5-10,12-14H,1,4,11,15H2,2H3,(H,27,28)/b26-14+. The molecule has 0 aliphatic heterocycles. The number of hydrogen-bond donors (Lipinski definition) is 1. The number of fused-ring (bicyclic) bond motifs is 1. The van der Waals surface area contributed by atoms with E-state index in [1.54, 1.807) is 30.6 Å². The highest BCUT2D eigenvalue weighted by Crippen LogP contribution is 2.34. The number of ether oxygens (including phenoxy) is 3. The lowest BCUT2D eigenvalue weighted by Crippen LogP contribution is -2.24. The Bertz CT molecular complexity index is 1100. The van der Waals surface area contributed by atoms with Crippen LogP contribution in [-0.2, 0) is 4.79 Å². The van der Waals surface area contributed by atoms with E-state index in [2.05, 4.69) is 44.7 Å². The van der Waals surface area contributed by atoms with Gasteiger partial charge in [-0.25, -0.2) is 5.43 Å². The van der Waals surface area contributed by atoms with E-state index in [1.165, 1.54) is 0 Å². The lowest BCUT2D eigenvalue weighted by molar-refractivity contribution is -0.123. The van der Waals surface area contributed by atoms with Crippen molar-refractivity contribution in [1.29, 1.82) is 0 Å². The first kappa shape index (κ1) is 22.5. The molecule has 0 atom stereocenters. The Morgan fingerprint density at radius 1 is 1.19 bits per heavy atom. The molecule has 0 radical (unpaired) electrons. The second-order valence-electron chi connectivity index (χ2n) is 6.28. The lowest BCUT2D eigenvalue weighted by atomic mass is 10.2. The molecule has 0 aliphatic carbocycles. The minimum atomic E-state index is -0.380. The van der Waals surface area contributed by atoms with Crippen molar-refractivity contribution in [3.8, 4) is 17.2 Å². The van der Waals surface area contributed by atoms with Gasteiger partial charge >= 0.3 is 0 Å². The summed E-state index contributed by atoms with van der Waals surface area (Å²) >= 11 is 2.17. The van der Waals surface area contributed by atoms with Crippen molar-refractivity contribution in [3.05, 3.63) is 70.5 Å². The summed E-state index contributed by atoms with van der Waals surface area (Å²) in [7, 11) is 0. The summed E-state index contributed by atoms with van der Waals surface area (Å²) < 4.78 is 17.8. The van der Waals surface area contributed by atoms with Gasteiger partial charge in [0.15, 0.2) is 18.1 Å². The molecule has 1 aromatic heterocycles. The predicted molar refractivity (Wildman–Crippen MR) is 129 cm³/mol. The monoisotopic (exact) mass is 531 g/mol. The van der Waals surface area contributed by atoms with Crippen LogP contribution in [0.15, 0.2) is 66.4 Å². The molecule has 3 rings (SSSR count). The van der Waals surface area contributed by atoms with E-state index in [-0.39, 0.29) is 12.5 Å². The smallest absolute Gasteiger partial charge is 0.277 e. The van der Waals surface area contributed by atoms with Crippen LogP contribution in [0.25, 0.3) is 10.9 Å². The first-order valence-corrected chi connectivity index (χ1v) is 10.7. The van der Waals surface area contributed by atoms with Crippen LogP contribution in [-0.4, -0.2) is 36.9 Å². The Morgan fingerprint density at radius 2 is 2.03 bits per heavy atom. The number of nitrogens with zero attached hydrogens (tertiary/aromatic N) is 2. The van der Waals surface area contributed by atoms with E-state index < -0.39 is 0 Å². The van der Waals surface area contributed by atoms with Gasteiger partial charge in [-0.2, -0.15) is 5.10 Å². The molecular formula is C23H22IN3O4. The maximum atomic E-state index is 12.1. The van der Waals surface area contributed by atoms with E-state index >= 15 is 0 Å². The van der Waals surface area contributed by atoms with E-state index in [4.69, 9.17) is 14.2 Å². The third-order valence-electron chi connectivity index (χ3n) is 4.03. The number of pyridine rings is 1. The van der Waals surface area contributed by atoms with Gasteiger partial charge in [-0.15, -0.1) is 0 Å². The highest BCUT2D eigenvalue weighted by atomic mass is 127. The van der Waals surface area contributed by atoms with Crippen LogP contribution in [0, 0.1) is 3.57 Å². The van der Waals surface area contributed by atoms with Crippen LogP contribution in [0.2, 0.25) is 0 Å². The fourth-order valence-electron chi connectivity index (χ4n) is 2.75. The summed E-state index contributed by atoms with van der Waals surface area (Å²) in [5.74, 6) is 1.43. The number of rotatable bonds is 10. The van der Waals surface area contributed by atoms with Gasteiger partial charge in [0.1, 0.15) is 17.9 Å². The minimum absolute atomic E-state index is 0.177. The summed E-state index contributed by atoms with van der Waals surface area (Å²) in [4.78, 5) is 16.4. The van der Waals surface area contributed by atoms with Crippen LogP contribution in [0.1, 0.15) is 12.5 Å². The number of halogens is 1. The van der Waals surface area contributed by atoms with Gasteiger partial charge < -0.3 is 14.2 Å². The Kier molecular flexibility index (Phi) is 8.22. The van der Waals surface area contributed by atoms with Crippen molar-refractivity contribution in [2.75, 3.05) is 19.8 Å². The molecule has 0 bridgehead atoms. The molecule has 2 aromatic carbocycles. The average molecular weight is 531 g/mol. The molecule has 31 heavy (non-hydrogen) atoms. The van der Waals surface area contributed by atoms with Crippen molar-refractivity contribution in [3.63, 3.8) is 0 Å². The van der Waals surface area contributed by atoms with Crippen molar-refractivity contribution in [2.24, 2.45) is 5.10 Å². The van der Waals surface area contributed by atoms with Crippen LogP contribution in [0.4, 0.5) is 0 Å². The van der Waals surface area contributed by atoms with Gasteiger partial charge in [-0.1, -0.05) is 30.9 Å². The quantitative estimate of drug-likeness (QED) is 0.182. The highest BCUT2D eigenvalue weighted by molar-refractivity contribution is 14.1. The summed E-state index contributed by atoms with van der Waals surface area (Å²) in [6, 6.07) is 13.0. The lowest BCUT2D eigenvalue weighted by Gasteiger charge is -2.13. The molecule has 3 aromatic rings. The molecule has 0 saturated heterocycles. The maximum Gasteiger partial charge on any atom is 0.277 e. The zero-order valence-corrected chi connectivity index (χ0v) is 19.2. The number of nitrogens with one attached hydrogen (secondary N) is 1. The van der Waals surface area contributed by atoms with Gasteiger partial charge in [0.05, 0.1) is 16.4 Å². The van der Waals surface area contributed by atoms with Crippen LogP contribution >= 0.6 is 22.6 Å². The molecule has 8 heteroatoms. The molecule has 1 N–H and O–H groups in total. The fraction of sp³-hybridized carbons (Fsp3) is 0.174. The van der Waals surface area contributed by atoms with Gasteiger partial charge in [-0.05, 0) is 59.3 Å². The summed E-state index contributed by atoms with van der Waals surface area (Å²) in [5.41, 5.74) is 3.94. The largest absolute Gasteiger partial charge is 0.490 e. The second kappa shape index (κ2) is 11.3. The van der Waals surface area contributed by atoms with Crippen LogP contribution < -0.4 is 19.6 Å². The molecular weight excluding hydrogens is 509 g/mol. The molecule has 0 unspecified atom stereocenters. The molecule has 1 amide bonds. The van der Waals surface area contributed by atoms with Gasteiger partial charge in [0, 0.05) is 11.6 Å². The molecule has 0 saturated carbocycles. The number of carbonyl (C=O) groups is 1. The number of para-hydroxylation sites is 1. The van der Waals surface area contributed by atoms with E-state index in [1.807, 2.05) is 37.3 Å². The summed E-state index contributed by atoms with van der Waals surface area (Å²) in [6.07, 6.45) is 4.90. The first-order chi connectivity index (χ1) is 15.1. The van der Waals surface area contributed by atoms with Crippen molar-refractivity contribution < 1.29 is 19.0 Å². The molecule has 1 heterocycles. The molecule has 0 spiro atoms. The maximum absolute atomic E-state index is 12.1. The highest BCUT2D eigenvalue weighted by Gasteiger charge is 2.11. The number of hydrazone groups is 1. The summed E-state index contributed by atoms with van der Waals surface area (Å²) in [6.45, 7) is 6.26. The Morgan fingerprint density at radius 3 is 2.84 bits per heavy atom. The average Bonchev–Trinajstić information content (AvgIpc) is 2.77. The third-order valence-corrected chi connectivity index (χ3v) is 4.84. The number of benzene rings is 2. The topological polar surface area (TPSA) is 82.0 Å². The van der Waals surface area contributed by atoms with Crippen molar-refractivity contribution in [1.82, 2.24) is 10.4 Å². The SMILES string of the molecule is C=CCOc1c(I)cc(/C=N/NC(=O)COc2cccc3cccnc23)cc1OCC. The normalized spacial score (nSPS) is 10.8. The Balaban J connectivity index is 1.61. The number of hydrogen-bond acceptors (Lipinski definition) is 6. The fourth-order valence-corrected chi connectivity index (χ4v) is 3.54. The molecule has 160 valence electrons. The van der Waals surface area contributed by atoms with Crippen molar-refractivity contribution in [2.45, 2.75) is 6.92 Å². The van der Waals surface area contributed by atoms with Gasteiger partial charge in [0.25, 0.3) is 5.91 Å².